The van der Waals surface area contributed by atoms with Crippen LogP contribution in [-0.4, -0.2) is 64.0 Å². The molecule has 0 bridgehead atoms. The molecule has 0 saturated carbocycles. The highest BCUT2D eigenvalue weighted by Crippen LogP contribution is 2.47. The maximum atomic E-state index is 13.8. The van der Waals surface area contributed by atoms with Crippen LogP contribution in [-0.2, 0) is 41.3 Å². The molecule has 0 saturated heterocycles. The van der Waals surface area contributed by atoms with Gasteiger partial charge in [0.2, 0.25) is 15.9 Å². The van der Waals surface area contributed by atoms with Crippen molar-refractivity contribution in [1.82, 2.24) is 15.0 Å². The second-order valence-corrected chi connectivity index (χ2v) is 13.0. The van der Waals surface area contributed by atoms with Crippen molar-refractivity contribution in [2.45, 2.75) is 49.8 Å². The number of rotatable bonds is 11. The number of hydrogen-bond acceptors (Lipinski definition) is 9. The van der Waals surface area contributed by atoms with E-state index in [9.17, 15) is 44.3 Å². The van der Waals surface area contributed by atoms with E-state index in [1.165, 1.54) is 43.6 Å². The van der Waals surface area contributed by atoms with Gasteiger partial charge in [-0.05, 0) is 35.7 Å². The lowest BCUT2D eigenvalue weighted by Crippen LogP contribution is -2.34. The number of aromatic nitrogens is 1. The molecule has 1 aliphatic carbocycles. The Labute approximate surface area is 276 Å². The fourth-order valence-corrected chi connectivity index (χ4v) is 6.92. The Bertz CT molecular complexity index is 1900. The molecule has 49 heavy (non-hydrogen) atoms. The number of fused-ring (bicyclic) bond motifs is 2. The molecule has 17 heteroatoms. The normalized spacial score (nSPS) is 19.4. The van der Waals surface area contributed by atoms with Crippen LogP contribution in [0.3, 0.4) is 0 Å². The second-order valence-electron chi connectivity index (χ2n) is 11.3. The third-order valence-electron chi connectivity index (χ3n) is 7.68. The molecule has 2 aliphatic rings. The van der Waals surface area contributed by atoms with Crippen LogP contribution < -0.4 is 14.8 Å². The van der Waals surface area contributed by atoms with Gasteiger partial charge in [-0.2, -0.15) is 26.3 Å². The standard InChI is InChI=1S/C32H29F6N3O7S/c1-17-12-18(14-49(44,45)41-23(42)13-19-6-3-4-8-22(19)46-2)9-10-20(17)27-24-25(30(40-27)48-16-32(36,37)38)26-21(7-5-11-39-26)29(28(24)43)47-15-31(33,34)35/h3-12,27,29-30,40H,13-16H2,1-2H3,(H,41,42). The number of benzene rings is 2. The molecule has 2 aromatic carbocycles. The van der Waals surface area contributed by atoms with Gasteiger partial charge < -0.3 is 14.2 Å². The number of pyridine rings is 1. The van der Waals surface area contributed by atoms with Crippen LogP contribution in [0.5, 0.6) is 5.75 Å². The molecule has 10 nitrogen and oxygen atoms in total. The van der Waals surface area contributed by atoms with Crippen LogP contribution in [0, 0.1) is 6.92 Å². The van der Waals surface area contributed by atoms with Gasteiger partial charge in [-0.1, -0.05) is 42.5 Å². The molecule has 1 aromatic heterocycles. The van der Waals surface area contributed by atoms with Gasteiger partial charge in [0.05, 0.1) is 31.0 Å². The van der Waals surface area contributed by atoms with Crippen molar-refractivity contribution < 1.29 is 58.6 Å². The Kier molecular flexibility index (Phi) is 10.2. The van der Waals surface area contributed by atoms with Crippen molar-refractivity contribution in [3.8, 4) is 5.75 Å². The monoisotopic (exact) mass is 713 g/mol. The zero-order valence-electron chi connectivity index (χ0n) is 25.8. The Morgan fingerprint density at radius 1 is 0.939 bits per heavy atom. The zero-order chi connectivity index (χ0) is 35.7. The highest BCUT2D eigenvalue weighted by atomic mass is 32.2. The molecule has 2 heterocycles. The van der Waals surface area contributed by atoms with Crippen molar-refractivity contribution in [3.63, 3.8) is 0 Å². The number of ketones is 1. The van der Waals surface area contributed by atoms with Gasteiger partial charge in [0.25, 0.3) is 0 Å². The molecule has 1 amide bonds. The third kappa shape index (κ3) is 8.46. The van der Waals surface area contributed by atoms with Crippen LogP contribution in [0.1, 0.15) is 45.7 Å². The number of ether oxygens (including phenoxy) is 3. The minimum absolute atomic E-state index is 0.0596. The van der Waals surface area contributed by atoms with Gasteiger partial charge in [0.15, 0.2) is 5.78 Å². The summed E-state index contributed by atoms with van der Waals surface area (Å²) in [6.45, 7) is -1.93. The van der Waals surface area contributed by atoms with E-state index in [4.69, 9.17) is 14.2 Å². The predicted octanol–water partition coefficient (Wildman–Crippen LogP) is 4.79. The van der Waals surface area contributed by atoms with Crippen LogP contribution in [0.4, 0.5) is 26.3 Å². The Balaban J connectivity index is 1.43. The summed E-state index contributed by atoms with van der Waals surface area (Å²) in [6, 6.07) is 12.3. The number of Topliss-reactive ketones (excluding diaryl/α,β-unsaturated/α-hetero) is 1. The lowest BCUT2D eigenvalue weighted by Gasteiger charge is -2.28. The quantitative estimate of drug-likeness (QED) is 0.269. The van der Waals surface area contributed by atoms with Gasteiger partial charge >= 0.3 is 12.4 Å². The van der Waals surface area contributed by atoms with E-state index in [0.29, 0.717) is 22.4 Å². The third-order valence-corrected chi connectivity index (χ3v) is 8.93. The summed E-state index contributed by atoms with van der Waals surface area (Å²) >= 11 is 0. The van der Waals surface area contributed by atoms with E-state index >= 15 is 0 Å². The van der Waals surface area contributed by atoms with E-state index in [2.05, 4.69) is 10.3 Å². The maximum absolute atomic E-state index is 13.8. The van der Waals surface area contributed by atoms with Crippen molar-refractivity contribution >= 4 is 27.3 Å². The molecule has 5 rings (SSSR count). The lowest BCUT2D eigenvalue weighted by atomic mass is 9.82. The van der Waals surface area contributed by atoms with Gasteiger partial charge in [-0.15, -0.1) is 0 Å². The number of carbonyl (C=O) groups is 2. The smallest absolute Gasteiger partial charge is 0.411 e. The largest absolute Gasteiger partial charge is 0.496 e. The molecule has 0 spiro atoms. The van der Waals surface area contributed by atoms with E-state index in [1.54, 1.807) is 31.2 Å². The average molecular weight is 714 g/mol. The average Bonchev–Trinajstić information content (AvgIpc) is 3.38. The molecule has 3 unspecified atom stereocenters. The first-order valence-electron chi connectivity index (χ1n) is 14.6. The minimum Gasteiger partial charge on any atom is -0.496 e. The zero-order valence-corrected chi connectivity index (χ0v) is 26.6. The molecule has 1 aliphatic heterocycles. The number of amides is 1. The summed E-state index contributed by atoms with van der Waals surface area (Å²) in [5.74, 6) is -1.96. The van der Waals surface area contributed by atoms with Gasteiger partial charge in [-0.3, -0.25) is 24.6 Å². The van der Waals surface area contributed by atoms with Crippen molar-refractivity contribution in [1.29, 1.82) is 0 Å². The predicted molar refractivity (Wildman–Crippen MR) is 161 cm³/mol. The fraction of sp³-hybridized carbons (Fsp3) is 0.344. The maximum Gasteiger partial charge on any atom is 0.411 e. The highest BCUT2D eigenvalue weighted by molar-refractivity contribution is 7.89. The summed E-state index contributed by atoms with van der Waals surface area (Å²) in [4.78, 5) is 30.6. The van der Waals surface area contributed by atoms with Crippen LogP contribution in [0.2, 0.25) is 0 Å². The Morgan fingerprint density at radius 2 is 1.63 bits per heavy atom. The summed E-state index contributed by atoms with van der Waals surface area (Å²) in [6.07, 6.45) is -11.9. The summed E-state index contributed by atoms with van der Waals surface area (Å²) in [5, 5.41) is 2.83. The molecule has 262 valence electrons. The molecular weight excluding hydrogens is 684 g/mol. The first-order chi connectivity index (χ1) is 23.0. The van der Waals surface area contributed by atoms with E-state index in [-0.39, 0.29) is 34.4 Å². The molecular formula is C32H29F6N3O7S. The summed E-state index contributed by atoms with van der Waals surface area (Å²) in [5.41, 5.74) is 0.969. The summed E-state index contributed by atoms with van der Waals surface area (Å²) in [7, 11) is -2.79. The van der Waals surface area contributed by atoms with Gasteiger partial charge in [-0.25, -0.2) is 8.42 Å². The Morgan fingerprint density at radius 3 is 2.31 bits per heavy atom. The summed E-state index contributed by atoms with van der Waals surface area (Å²) < 4.78 is 122. The van der Waals surface area contributed by atoms with Crippen LogP contribution in [0.15, 0.2) is 66.4 Å². The number of nitrogens with one attached hydrogen (secondary N) is 2. The molecule has 0 radical (unpaired) electrons. The topological polar surface area (TPSA) is 133 Å². The first kappa shape index (κ1) is 36.0. The van der Waals surface area contributed by atoms with Crippen molar-refractivity contribution in [2.24, 2.45) is 0 Å². The van der Waals surface area contributed by atoms with Crippen LogP contribution in [0.25, 0.3) is 5.57 Å². The van der Waals surface area contributed by atoms with Crippen LogP contribution >= 0.6 is 0 Å². The van der Waals surface area contributed by atoms with E-state index < -0.39 is 71.4 Å². The molecule has 0 fully saturated rings. The molecule has 3 aromatic rings. The number of para-hydroxylation sites is 1. The number of hydrogen-bond donors (Lipinski definition) is 2. The number of aryl methyl sites for hydroxylation is 1. The lowest BCUT2D eigenvalue weighted by molar-refractivity contribution is -0.187. The number of methoxy groups -OCH3 is 1. The van der Waals surface area contributed by atoms with Gasteiger partial charge in [0, 0.05) is 28.5 Å². The minimum atomic E-state index is -4.79. The Hall–Kier alpha value is -4.32. The van der Waals surface area contributed by atoms with E-state index in [0.717, 1.165) is 0 Å². The number of carbonyl (C=O) groups excluding carboxylic acids is 2. The van der Waals surface area contributed by atoms with Crippen molar-refractivity contribution in [3.05, 3.63) is 99.9 Å². The molecule has 3 atom stereocenters. The number of sulfonamides is 1. The SMILES string of the molecule is COc1ccccc1CC(=O)NS(=O)(=O)Cc1ccc(C2NC(OCC(F)(F)F)C3=C2C(=O)C(OCC(F)(F)F)c2cccnc23)c(C)c1. The highest BCUT2D eigenvalue weighted by Gasteiger charge is 2.48. The second kappa shape index (κ2) is 13.9. The first-order valence-corrected chi connectivity index (χ1v) is 16.2. The number of alkyl halides is 6. The van der Waals surface area contributed by atoms with Gasteiger partial charge in [0.1, 0.15) is 31.3 Å². The number of nitrogens with zero attached hydrogens (tertiary/aromatic N) is 1. The van der Waals surface area contributed by atoms with Crippen molar-refractivity contribution in [2.75, 3.05) is 20.3 Å². The number of halogens is 6. The van der Waals surface area contributed by atoms with E-state index in [1.807, 2.05) is 4.72 Å². The molecule has 2 N–H and O–H groups in total. The fourth-order valence-electron chi connectivity index (χ4n) is 5.81.